The van der Waals surface area contributed by atoms with Crippen molar-refractivity contribution in [2.24, 2.45) is 0 Å². The van der Waals surface area contributed by atoms with Crippen LogP contribution in [0.1, 0.15) is 10.4 Å². The standard InChI is InChI=1S/C15H13Cl3N2O3S/c1-20(24(2,22)23)10-4-6-12(16)11(8-10)15(21)19-9-3-5-13(17)14(18)7-9/h3-8H,1-2H3,(H,19,21). The zero-order chi connectivity index (χ0) is 18.1. The van der Waals surface area contributed by atoms with Gasteiger partial charge in [0.1, 0.15) is 0 Å². The lowest BCUT2D eigenvalue weighted by Gasteiger charge is -2.18. The van der Waals surface area contributed by atoms with Crippen molar-refractivity contribution in [3.63, 3.8) is 0 Å². The Hall–Kier alpha value is -1.47. The van der Waals surface area contributed by atoms with Gasteiger partial charge >= 0.3 is 0 Å². The van der Waals surface area contributed by atoms with Crippen LogP contribution < -0.4 is 9.62 Å². The van der Waals surface area contributed by atoms with Gasteiger partial charge in [0.2, 0.25) is 10.0 Å². The Balaban J connectivity index is 2.33. The van der Waals surface area contributed by atoms with Gasteiger partial charge in [-0.15, -0.1) is 0 Å². The molecule has 1 amide bonds. The summed E-state index contributed by atoms with van der Waals surface area (Å²) in [5, 5.41) is 3.49. The molecule has 0 bridgehead atoms. The Labute approximate surface area is 155 Å². The number of nitrogens with zero attached hydrogens (tertiary/aromatic N) is 1. The Morgan fingerprint density at radius 2 is 1.62 bits per heavy atom. The molecule has 0 saturated carbocycles. The van der Waals surface area contributed by atoms with Crippen molar-refractivity contribution in [1.82, 2.24) is 0 Å². The van der Waals surface area contributed by atoms with Crippen molar-refractivity contribution < 1.29 is 13.2 Å². The van der Waals surface area contributed by atoms with Crippen LogP contribution in [0.2, 0.25) is 15.1 Å². The van der Waals surface area contributed by atoms with Gasteiger partial charge in [0.15, 0.2) is 0 Å². The molecule has 0 aliphatic rings. The second-order valence-electron chi connectivity index (χ2n) is 4.98. The smallest absolute Gasteiger partial charge is 0.257 e. The quantitative estimate of drug-likeness (QED) is 0.822. The van der Waals surface area contributed by atoms with Crippen LogP contribution in [-0.2, 0) is 10.0 Å². The molecule has 0 aliphatic heterocycles. The van der Waals surface area contributed by atoms with Crippen molar-refractivity contribution >= 4 is 62.1 Å². The fourth-order valence-corrected chi connectivity index (χ4v) is 2.84. The van der Waals surface area contributed by atoms with Crippen LogP contribution in [0.3, 0.4) is 0 Å². The van der Waals surface area contributed by atoms with Gasteiger partial charge in [-0.2, -0.15) is 0 Å². The maximum atomic E-state index is 12.4. The van der Waals surface area contributed by atoms with Crippen molar-refractivity contribution in [1.29, 1.82) is 0 Å². The third-order valence-electron chi connectivity index (χ3n) is 3.23. The topological polar surface area (TPSA) is 66.5 Å². The molecule has 1 N–H and O–H groups in total. The summed E-state index contributed by atoms with van der Waals surface area (Å²) in [6.45, 7) is 0. The zero-order valence-electron chi connectivity index (χ0n) is 12.7. The molecule has 0 atom stereocenters. The molecule has 2 aromatic rings. The van der Waals surface area contributed by atoms with Crippen molar-refractivity contribution in [3.05, 3.63) is 57.0 Å². The molecule has 2 aromatic carbocycles. The van der Waals surface area contributed by atoms with Gasteiger partial charge in [0.05, 0.1) is 32.6 Å². The van der Waals surface area contributed by atoms with Crippen molar-refractivity contribution in [3.8, 4) is 0 Å². The van der Waals surface area contributed by atoms with Crippen molar-refractivity contribution in [2.45, 2.75) is 0 Å². The lowest BCUT2D eigenvalue weighted by atomic mass is 10.1. The number of nitrogens with one attached hydrogen (secondary N) is 1. The molecule has 0 radical (unpaired) electrons. The number of benzene rings is 2. The molecule has 2 rings (SSSR count). The van der Waals surface area contributed by atoms with E-state index in [0.29, 0.717) is 21.4 Å². The average molecular weight is 408 g/mol. The maximum Gasteiger partial charge on any atom is 0.257 e. The summed E-state index contributed by atoms with van der Waals surface area (Å²) in [5.41, 5.74) is 0.893. The molecule has 0 saturated heterocycles. The molecule has 9 heteroatoms. The first-order valence-corrected chi connectivity index (χ1v) is 9.57. The number of hydrogen-bond donors (Lipinski definition) is 1. The third-order valence-corrected chi connectivity index (χ3v) is 5.51. The van der Waals surface area contributed by atoms with E-state index in [9.17, 15) is 13.2 Å². The first-order valence-electron chi connectivity index (χ1n) is 6.59. The van der Waals surface area contributed by atoms with Crippen LogP contribution in [-0.4, -0.2) is 27.6 Å². The van der Waals surface area contributed by atoms with Crippen LogP contribution >= 0.6 is 34.8 Å². The zero-order valence-corrected chi connectivity index (χ0v) is 15.8. The van der Waals surface area contributed by atoms with E-state index < -0.39 is 15.9 Å². The Bertz CT molecular complexity index is 901. The highest BCUT2D eigenvalue weighted by atomic mass is 35.5. The summed E-state index contributed by atoms with van der Waals surface area (Å²) < 4.78 is 24.3. The molecule has 5 nitrogen and oxygen atoms in total. The van der Waals surface area contributed by atoms with E-state index in [1.807, 2.05) is 0 Å². The molecule has 0 fully saturated rings. The number of halogens is 3. The monoisotopic (exact) mass is 406 g/mol. The van der Waals surface area contributed by atoms with Gasteiger partial charge in [-0.1, -0.05) is 34.8 Å². The molecule has 0 aromatic heterocycles. The minimum absolute atomic E-state index is 0.135. The first kappa shape index (κ1) is 18.9. The molecule has 0 unspecified atom stereocenters. The highest BCUT2D eigenvalue weighted by molar-refractivity contribution is 7.92. The van der Waals surface area contributed by atoms with E-state index in [1.165, 1.54) is 31.3 Å². The SMILES string of the molecule is CN(c1ccc(Cl)c(C(=O)Nc2ccc(Cl)c(Cl)c2)c1)S(C)(=O)=O. The number of rotatable bonds is 4. The molecule has 0 heterocycles. The van der Waals surface area contributed by atoms with Gasteiger partial charge in [0.25, 0.3) is 5.91 Å². The molecule has 0 spiro atoms. The summed E-state index contributed by atoms with van der Waals surface area (Å²) in [4.78, 5) is 12.4. The van der Waals surface area contributed by atoms with E-state index in [2.05, 4.69) is 5.32 Å². The third kappa shape index (κ3) is 4.33. The molecular formula is C15H13Cl3N2O3S. The Morgan fingerprint density at radius 3 is 2.21 bits per heavy atom. The van der Waals surface area contributed by atoms with Crippen molar-refractivity contribution in [2.75, 3.05) is 22.9 Å². The normalized spacial score (nSPS) is 11.2. The van der Waals surface area contributed by atoms with E-state index in [-0.39, 0.29) is 10.6 Å². The predicted molar refractivity (Wildman–Crippen MR) is 99.1 cm³/mol. The second kappa shape index (κ2) is 7.19. The first-order chi connectivity index (χ1) is 11.1. The molecule has 0 aliphatic carbocycles. The summed E-state index contributed by atoms with van der Waals surface area (Å²) in [7, 11) is -2.07. The maximum absolute atomic E-state index is 12.4. The van der Waals surface area contributed by atoms with E-state index in [4.69, 9.17) is 34.8 Å². The fourth-order valence-electron chi connectivity index (χ4n) is 1.85. The van der Waals surface area contributed by atoms with Crippen LogP contribution in [0.25, 0.3) is 0 Å². The number of anilines is 2. The van der Waals surface area contributed by atoms with Crippen LogP contribution in [0.5, 0.6) is 0 Å². The predicted octanol–water partition coefficient (Wildman–Crippen LogP) is 4.29. The van der Waals surface area contributed by atoms with E-state index >= 15 is 0 Å². The van der Waals surface area contributed by atoms with Gasteiger partial charge in [-0.3, -0.25) is 9.10 Å². The fraction of sp³-hybridized carbons (Fsp3) is 0.133. The number of carbonyl (C=O) groups excluding carboxylic acids is 1. The number of amides is 1. The van der Waals surface area contributed by atoms with Crippen LogP contribution in [0.4, 0.5) is 11.4 Å². The van der Waals surface area contributed by atoms with E-state index in [1.54, 1.807) is 12.1 Å². The van der Waals surface area contributed by atoms with Gasteiger partial charge in [-0.05, 0) is 36.4 Å². The summed E-state index contributed by atoms with van der Waals surface area (Å²) in [5.74, 6) is -0.498. The largest absolute Gasteiger partial charge is 0.322 e. The second-order valence-corrected chi connectivity index (χ2v) is 8.21. The number of hydrogen-bond acceptors (Lipinski definition) is 3. The summed E-state index contributed by atoms with van der Waals surface area (Å²) in [6, 6.07) is 9.02. The lowest BCUT2D eigenvalue weighted by molar-refractivity contribution is 0.102. The Kier molecular flexibility index (Phi) is 5.65. The molecular weight excluding hydrogens is 395 g/mol. The van der Waals surface area contributed by atoms with E-state index in [0.717, 1.165) is 10.6 Å². The summed E-state index contributed by atoms with van der Waals surface area (Å²) in [6.07, 6.45) is 1.07. The molecule has 24 heavy (non-hydrogen) atoms. The Morgan fingerprint density at radius 1 is 1.00 bits per heavy atom. The van der Waals surface area contributed by atoms with Gasteiger partial charge < -0.3 is 5.32 Å². The van der Waals surface area contributed by atoms with Crippen LogP contribution in [0, 0.1) is 0 Å². The highest BCUT2D eigenvalue weighted by Gasteiger charge is 2.17. The van der Waals surface area contributed by atoms with Gasteiger partial charge in [0, 0.05) is 12.7 Å². The molecule has 128 valence electrons. The van der Waals surface area contributed by atoms with Crippen LogP contribution in [0.15, 0.2) is 36.4 Å². The lowest BCUT2D eigenvalue weighted by Crippen LogP contribution is -2.25. The minimum Gasteiger partial charge on any atom is -0.322 e. The number of carbonyl (C=O) groups is 1. The highest BCUT2D eigenvalue weighted by Crippen LogP contribution is 2.27. The number of sulfonamides is 1. The summed E-state index contributed by atoms with van der Waals surface area (Å²) >= 11 is 17.8. The average Bonchev–Trinajstić information content (AvgIpc) is 2.49. The minimum atomic E-state index is -3.45. The van der Waals surface area contributed by atoms with Gasteiger partial charge in [-0.25, -0.2) is 8.42 Å².